The lowest BCUT2D eigenvalue weighted by atomic mass is 9.94. The molecule has 29 heavy (non-hydrogen) atoms. The van der Waals surface area contributed by atoms with Crippen LogP contribution >= 0.6 is 0 Å². The molecule has 142 valence electrons. The standard InChI is InChI=1S/C23H16N2O4/c1-25(2)14-8-6-13(7-9-14)19-12-24-21(28-19)16-10-11-18-20-15(16)4-3-5-17(20)22(26)29-23(18)27/h3-12H,1-2H3. The zero-order valence-electron chi connectivity index (χ0n) is 15.8. The van der Waals surface area contributed by atoms with E-state index < -0.39 is 11.9 Å². The second kappa shape index (κ2) is 6.31. The minimum atomic E-state index is -0.640. The average molecular weight is 384 g/mol. The van der Waals surface area contributed by atoms with E-state index in [9.17, 15) is 9.59 Å². The highest BCUT2D eigenvalue weighted by Gasteiger charge is 2.28. The number of benzene rings is 3. The lowest BCUT2D eigenvalue weighted by Gasteiger charge is -2.16. The molecule has 1 aromatic heterocycles. The second-order valence-corrected chi connectivity index (χ2v) is 7.04. The molecule has 0 amide bonds. The van der Waals surface area contributed by atoms with E-state index in [1.54, 1.807) is 30.5 Å². The Morgan fingerprint density at radius 3 is 2.24 bits per heavy atom. The topological polar surface area (TPSA) is 72.6 Å². The van der Waals surface area contributed by atoms with Crippen molar-refractivity contribution in [3.05, 3.63) is 71.9 Å². The van der Waals surface area contributed by atoms with Crippen LogP contribution in [0.5, 0.6) is 0 Å². The summed E-state index contributed by atoms with van der Waals surface area (Å²) in [4.78, 5) is 30.7. The van der Waals surface area contributed by atoms with Gasteiger partial charge in [0.2, 0.25) is 5.89 Å². The summed E-state index contributed by atoms with van der Waals surface area (Å²) in [5.74, 6) is -0.216. The molecule has 0 unspecified atom stereocenters. The molecule has 0 spiro atoms. The number of rotatable bonds is 3. The van der Waals surface area contributed by atoms with Crippen molar-refractivity contribution in [1.29, 1.82) is 0 Å². The Bertz CT molecular complexity index is 1270. The summed E-state index contributed by atoms with van der Waals surface area (Å²) in [6.45, 7) is 0. The van der Waals surface area contributed by atoms with Crippen molar-refractivity contribution < 1.29 is 18.7 Å². The highest BCUT2D eigenvalue weighted by atomic mass is 16.6. The molecule has 0 fully saturated rings. The van der Waals surface area contributed by atoms with Crippen LogP contribution in [-0.4, -0.2) is 31.0 Å². The summed E-state index contributed by atoms with van der Waals surface area (Å²) in [5.41, 5.74) is 3.45. The molecule has 0 atom stereocenters. The first-order chi connectivity index (χ1) is 14.0. The Balaban J connectivity index is 1.62. The summed E-state index contributed by atoms with van der Waals surface area (Å²) >= 11 is 0. The normalized spacial score (nSPS) is 12.9. The maximum Gasteiger partial charge on any atom is 0.346 e. The van der Waals surface area contributed by atoms with Crippen LogP contribution in [0.2, 0.25) is 0 Å². The summed E-state index contributed by atoms with van der Waals surface area (Å²) < 4.78 is 10.8. The third kappa shape index (κ3) is 2.69. The third-order valence-electron chi connectivity index (χ3n) is 5.07. The predicted octanol–water partition coefficient (Wildman–Crippen LogP) is 4.54. The van der Waals surface area contributed by atoms with Crippen molar-refractivity contribution in [1.82, 2.24) is 4.98 Å². The molecule has 1 aliphatic rings. The first-order valence-electron chi connectivity index (χ1n) is 9.09. The van der Waals surface area contributed by atoms with Crippen LogP contribution in [0.1, 0.15) is 20.7 Å². The van der Waals surface area contributed by atoms with Gasteiger partial charge in [0.15, 0.2) is 5.76 Å². The van der Waals surface area contributed by atoms with Crippen LogP contribution in [0, 0.1) is 0 Å². The van der Waals surface area contributed by atoms with Crippen molar-refractivity contribution in [2.45, 2.75) is 0 Å². The molecule has 0 radical (unpaired) electrons. The summed E-state index contributed by atoms with van der Waals surface area (Å²) in [6.07, 6.45) is 1.68. The van der Waals surface area contributed by atoms with E-state index in [1.165, 1.54) is 0 Å². The average Bonchev–Trinajstić information content (AvgIpc) is 3.21. The van der Waals surface area contributed by atoms with E-state index in [4.69, 9.17) is 9.15 Å². The molecule has 6 nitrogen and oxygen atoms in total. The smallest absolute Gasteiger partial charge is 0.346 e. The van der Waals surface area contributed by atoms with Crippen LogP contribution in [-0.2, 0) is 4.74 Å². The van der Waals surface area contributed by atoms with Gasteiger partial charge in [-0.15, -0.1) is 0 Å². The SMILES string of the molecule is CN(C)c1ccc(-c2cnc(-c3ccc4c5c(cccc35)C(=O)OC4=O)o2)cc1. The number of hydrogen-bond donors (Lipinski definition) is 0. The Morgan fingerprint density at radius 1 is 0.828 bits per heavy atom. The Morgan fingerprint density at radius 2 is 1.52 bits per heavy atom. The number of cyclic esters (lactones) is 2. The molecule has 0 aliphatic carbocycles. The van der Waals surface area contributed by atoms with E-state index in [0.29, 0.717) is 33.7 Å². The molecule has 0 saturated carbocycles. The number of oxazole rings is 1. The zero-order chi connectivity index (χ0) is 20.1. The van der Waals surface area contributed by atoms with Gasteiger partial charge in [0.1, 0.15) is 0 Å². The molecule has 3 aromatic carbocycles. The fourth-order valence-electron chi connectivity index (χ4n) is 3.58. The number of carbonyl (C=O) groups excluding carboxylic acids is 2. The Hall–Kier alpha value is -3.93. The summed E-state index contributed by atoms with van der Waals surface area (Å²) in [7, 11) is 3.97. The first-order valence-corrected chi connectivity index (χ1v) is 9.09. The predicted molar refractivity (Wildman–Crippen MR) is 109 cm³/mol. The molecular formula is C23H16N2O4. The van der Waals surface area contributed by atoms with E-state index in [0.717, 1.165) is 16.6 Å². The van der Waals surface area contributed by atoms with Crippen molar-refractivity contribution in [3.8, 4) is 22.8 Å². The van der Waals surface area contributed by atoms with Crippen molar-refractivity contribution >= 4 is 28.4 Å². The Kier molecular flexibility index (Phi) is 3.74. The molecular weight excluding hydrogens is 368 g/mol. The minimum Gasteiger partial charge on any atom is -0.436 e. The van der Waals surface area contributed by atoms with Crippen molar-refractivity contribution in [3.63, 3.8) is 0 Å². The van der Waals surface area contributed by atoms with Gasteiger partial charge in [-0.25, -0.2) is 14.6 Å². The largest absolute Gasteiger partial charge is 0.436 e. The number of aromatic nitrogens is 1. The first kappa shape index (κ1) is 17.2. The van der Waals surface area contributed by atoms with Crippen LogP contribution in [0.3, 0.4) is 0 Å². The van der Waals surface area contributed by atoms with E-state index in [1.807, 2.05) is 49.3 Å². The van der Waals surface area contributed by atoms with Crippen molar-refractivity contribution in [2.75, 3.05) is 19.0 Å². The fraction of sp³-hybridized carbons (Fsp3) is 0.0870. The molecule has 2 heterocycles. The van der Waals surface area contributed by atoms with Gasteiger partial charge in [-0.1, -0.05) is 12.1 Å². The molecule has 0 N–H and O–H groups in total. The van der Waals surface area contributed by atoms with Gasteiger partial charge >= 0.3 is 11.9 Å². The number of nitrogens with zero attached hydrogens (tertiary/aromatic N) is 2. The van der Waals surface area contributed by atoms with Gasteiger partial charge in [-0.2, -0.15) is 0 Å². The summed E-state index contributed by atoms with van der Waals surface area (Å²) in [6, 6.07) is 16.6. The Labute approximate surface area is 166 Å². The number of hydrogen-bond acceptors (Lipinski definition) is 6. The van der Waals surface area contributed by atoms with Crippen LogP contribution in [0.15, 0.2) is 65.2 Å². The lowest BCUT2D eigenvalue weighted by Crippen LogP contribution is -2.19. The van der Waals surface area contributed by atoms with Gasteiger partial charge in [-0.3, -0.25) is 0 Å². The van der Waals surface area contributed by atoms with Crippen LogP contribution in [0.4, 0.5) is 5.69 Å². The van der Waals surface area contributed by atoms with Gasteiger partial charge in [0.05, 0.1) is 17.3 Å². The quantitative estimate of drug-likeness (QED) is 0.381. The molecule has 6 heteroatoms. The number of ether oxygens (including phenoxy) is 1. The zero-order valence-corrected chi connectivity index (χ0v) is 15.8. The van der Waals surface area contributed by atoms with E-state index in [2.05, 4.69) is 4.98 Å². The highest BCUT2D eigenvalue weighted by molar-refractivity contribution is 6.22. The van der Waals surface area contributed by atoms with Gasteiger partial charge in [-0.05, 0) is 47.9 Å². The van der Waals surface area contributed by atoms with Gasteiger partial charge in [0.25, 0.3) is 0 Å². The van der Waals surface area contributed by atoms with E-state index >= 15 is 0 Å². The molecule has 4 aromatic rings. The maximum atomic E-state index is 12.1. The molecule has 0 saturated heterocycles. The van der Waals surface area contributed by atoms with Crippen LogP contribution in [0.25, 0.3) is 33.6 Å². The lowest BCUT2D eigenvalue weighted by molar-refractivity contribution is 0.0391. The van der Waals surface area contributed by atoms with Crippen LogP contribution < -0.4 is 4.90 Å². The number of esters is 2. The molecule has 0 bridgehead atoms. The van der Waals surface area contributed by atoms with E-state index in [-0.39, 0.29) is 0 Å². The minimum absolute atomic E-state index is 0.366. The monoisotopic (exact) mass is 384 g/mol. The highest BCUT2D eigenvalue weighted by Crippen LogP contribution is 2.36. The number of anilines is 1. The van der Waals surface area contributed by atoms with Gasteiger partial charge < -0.3 is 14.1 Å². The third-order valence-corrected chi connectivity index (χ3v) is 5.07. The fourth-order valence-corrected chi connectivity index (χ4v) is 3.58. The van der Waals surface area contributed by atoms with Gasteiger partial charge in [0, 0.05) is 36.3 Å². The maximum absolute atomic E-state index is 12.1. The number of carbonyl (C=O) groups is 2. The summed E-state index contributed by atoms with van der Waals surface area (Å²) in [5, 5.41) is 1.29. The van der Waals surface area contributed by atoms with Crippen molar-refractivity contribution in [2.24, 2.45) is 0 Å². The molecule has 1 aliphatic heterocycles. The second-order valence-electron chi connectivity index (χ2n) is 7.04. The molecule has 5 rings (SSSR count).